The number of ether oxygens (including phenoxy) is 2. The third kappa shape index (κ3) is 5.64. The zero-order valence-electron chi connectivity index (χ0n) is 19.4. The first-order valence-corrected chi connectivity index (χ1v) is 11.6. The molecule has 3 aromatic carbocycles. The number of rotatable bonds is 10. The van der Waals surface area contributed by atoms with E-state index in [-0.39, 0.29) is 5.97 Å². The summed E-state index contributed by atoms with van der Waals surface area (Å²) < 4.78 is 12.8. The average Bonchev–Trinajstić information content (AvgIpc) is 3.23. The molecular formula is C29H31NO3. The van der Waals surface area contributed by atoms with Gasteiger partial charge in [0.15, 0.2) is 0 Å². The second-order valence-corrected chi connectivity index (χ2v) is 8.28. The Balaban J connectivity index is 1.66. The smallest absolute Gasteiger partial charge is 0.305 e. The standard InChI is InChI=1S/C29H31NO3/c1-3-19-33-26-15-13-25(14-16-26)30-21-24(12-9-22-7-5-4-6-8-22)27-20-23(10-17-28(27)30)11-18-29(31)32-2/h4-8,10,13-17,20-21H,3,9,11-12,18-19H2,1-2H3. The number of hydrogen-bond donors (Lipinski definition) is 0. The van der Waals surface area contributed by atoms with E-state index in [2.05, 4.69) is 78.4 Å². The van der Waals surface area contributed by atoms with Crippen LogP contribution in [0.15, 0.2) is 79.0 Å². The lowest BCUT2D eigenvalue weighted by Crippen LogP contribution is -2.01. The van der Waals surface area contributed by atoms with E-state index in [4.69, 9.17) is 9.47 Å². The third-order valence-corrected chi connectivity index (χ3v) is 5.91. The molecule has 33 heavy (non-hydrogen) atoms. The summed E-state index contributed by atoms with van der Waals surface area (Å²) in [4.78, 5) is 11.6. The second kappa shape index (κ2) is 10.9. The van der Waals surface area contributed by atoms with Crippen molar-refractivity contribution in [3.63, 3.8) is 0 Å². The summed E-state index contributed by atoms with van der Waals surface area (Å²) in [6, 6.07) is 25.4. The molecule has 1 heterocycles. The summed E-state index contributed by atoms with van der Waals surface area (Å²) in [5.74, 6) is 0.716. The molecule has 0 fully saturated rings. The molecular weight excluding hydrogens is 410 g/mol. The summed E-state index contributed by atoms with van der Waals surface area (Å²) in [5.41, 5.74) is 6.06. The molecule has 0 spiro atoms. The molecule has 0 N–H and O–H groups in total. The highest BCUT2D eigenvalue weighted by molar-refractivity contribution is 5.86. The van der Waals surface area contributed by atoms with Crippen LogP contribution in [-0.2, 0) is 28.8 Å². The Bertz CT molecular complexity index is 1190. The summed E-state index contributed by atoms with van der Waals surface area (Å²) in [7, 11) is 1.44. The van der Waals surface area contributed by atoms with E-state index in [0.717, 1.165) is 42.9 Å². The number of benzene rings is 3. The highest BCUT2D eigenvalue weighted by Crippen LogP contribution is 2.28. The predicted molar refractivity (Wildman–Crippen MR) is 133 cm³/mol. The van der Waals surface area contributed by atoms with Gasteiger partial charge < -0.3 is 14.0 Å². The molecule has 0 aliphatic rings. The molecule has 170 valence electrons. The van der Waals surface area contributed by atoms with Gasteiger partial charge in [0.25, 0.3) is 0 Å². The highest BCUT2D eigenvalue weighted by atomic mass is 16.5. The lowest BCUT2D eigenvalue weighted by molar-refractivity contribution is -0.140. The monoisotopic (exact) mass is 441 g/mol. The van der Waals surface area contributed by atoms with Crippen LogP contribution < -0.4 is 4.74 Å². The van der Waals surface area contributed by atoms with Crippen LogP contribution in [0.3, 0.4) is 0 Å². The van der Waals surface area contributed by atoms with Crippen molar-refractivity contribution in [1.29, 1.82) is 0 Å². The van der Waals surface area contributed by atoms with Crippen molar-refractivity contribution in [3.05, 3.63) is 95.7 Å². The Morgan fingerprint density at radius 3 is 2.39 bits per heavy atom. The largest absolute Gasteiger partial charge is 0.494 e. The molecule has 0 atom stereocenters. The minimum atomic E-state index is -0.178. The van der Waals surface area contributed by atoms with Gasteiger partial charge in [-0.2, -0.15) is 0 Å². The van der Waals surface area contributed by atoms with Crippen LogP contribution in [0.1, 0.15) is 36.5 Å². The van der Waals surface area contributed by atoms with Crippen molar-refractivity contribution < 1.29 is 14.3 Å². The summed E-state index contributed by atoms with van der Waals surface area (Å²) in [6.45, 7) is 2.83. The number of carbonyl (C=O) groups excluding carboxylic acids is 1. The average molecular weight is 442 g/mol. The van der Waals surface area contributed by atoms with Crippen molar-refractivity contribution in [1.82, 2.24) is 4.57 Å². The lowest BCUT2D eigenvalue weighted by atomic mass is 10.0. The summed E-state index contributed by atoms with van der Waals surface area (Å²) in [5, 5.41) is 1.24. The highest BCUT2D eigenvalue weighted by Gasteiger charge is 2.12. The van der Waals surface area contributed by atoms with Crippen LogP contribution >= 0.6 is 0 Å². The van der Waals surface area contributed by atoms with Crippen molar-refractivity contribution in [3.8, 4) is 11.4 Å². The van der Waals surface area contributed by atoms with Crippen LogP contribution in [0.4, 0.5) is 0 Å². The van der Waals surface area contributed by atoms with Gasteiger partial charge in [-0.3, -0.25) is 4.79 Å². The Kier molecular flexibility index (Phi) is 7.46. The van der Waals surface area contributed by atoms with Gasteiger partial charge >= 0.3 is 5.97 Å². The molecule has 0 amide bonds. The molecule has 1 aromatic heterocycles. The van der Waals surface area contributed by atoms with Crippen LogP contribution in [0.5, 0.6) is 5.75 Å². The van der Waals surface area contributed by atoms with Gasteiger partial charge in [0.1, 0.15) is 5.75 Å². The van der Waals surface area contributed by atoms with Gasteiger partial charge in [-0.25, -0.2) is 0 Å². The zero-order chi connectivity index (χ0) is 23.0. The van der Waals surface area contributed by atoms with Crippen molar-refractivity contribution in [2.75, 3.05) is 13.7 Å². The van der Waals surface area contributed by atoms with E-state index >= 15 is 0 Å². The molecule has 0 radical (unpaired) electrons. The maximum atomic E-state index is 11.6. The Morgan fingerprint density at radius 2 is 1.67 bits per heavy atom. The molecule has 0 aliphatic carbocycles. The molecule has 4 aromatic rings. The quantitative estimate of drug-likeness (QED) is 0.271. The number of carbonyl (C=O) groups is 1. The Labute approximate surface area is 195 Å². The molecule has 0 bridgehead atoms. The normalized spacial score (nSPS) is 11.0. The number of hydrogen-bond acceptors (Lipinski definition) is 3. The Hall–Kier alpha value is -3.53. The van der Waals surface area contributed by atoms with Crippen molar-refractivity contribution >= 4 is 16.9 Å². The number of aryl methyl sites for hydroxylation is 3. The van der Waals surface area contributed by atoms with Crippen molar-refractivity contribution in [2.24, 2.45) is 0 Å². The fourth-order valence-electron chi connectivity index (χ4n) is 4.11. The fraction of sp³-hybridized carbons (Fsp3) is 0.276. The van der Waals surface area contributed by atoms with Crippen LogP contribution in [-0.4, -0.2) is 24.3 Å². The number of fused-ring (bicyclic) bond motifs is 1. The van der Waals surface area contributed by atoms with Crippen LogP contribution in [0, 0.1) is 0 Å². The maximum absolute atomic E-state index is 11.6. The minimum Gasteiger partial charge on any atom is -0.494 e. The van der Waals surface area contributed by atoms with Gasteiger partial charge in [-0.05, 0) is 78.8 Å². The summed E-state index contributed by atoms with van der Waals surface area (Å²) in [6.07, 6.45) is 6.24. The first kappa shape index (κ1) is 22.7. The van der Waals surface area contributed by atoms with Gasteiger partial charge in [0.2, 0.25) is 0 Å². The SMILES string of the molecule is CCCOc1ccc(-n2cc(CCc3ccccc3)c3cc(CCC(=O)OC)ccc32)cc1. The number of nitrogens with zero attached hydrogens (tertiary/aromatic N) is 1. The fourth-order valence-corrected chi connectivity index (χ4v) is 4.11. The van der Waals surface area contributed by atoms with Crippen molar-refractivity contribution in [2.45, 2.75) is 39.0 Å². The summed E-state index contributed by atoms with van der Waals surface area (Å²) >= 11 is 0. The lowest BCUT2D eigenvalue weighted by Gasteiger charge is -2.09. The predicted octanol–water partition coefficient (Wildman–Crippen LogP) is 6.31. The van der Waals surface area contributed by atoms with Gasteiger partial charge in [0, 0.05) is 23.7 Å². The van der Waals surface area contributed by atoms with Crippen LogP contribution in [0.25, 0.3) is 16.6 Å². The molecule has 4 heteroatoms. The van der Waals surface area contributed by atoms with Crippen LogP contribution in [0.2, 0.25) is 0 Å². The third-order valence-electron chi connectivity index (χ3n) is 5.91. The number of esters is 1. The Morgan fingerprint density at radius 1 is 0.879 bits per heavy atom. The molecule has 4 nitrogen and oxygen atoms in total. The van der Waals surface area contributed by atoms with Gasteiger partial charge in [-0.15, -0.1) is 0 Å². The first-order valence-electron chi connectivity index (χ1n) is 11.6. The van der Waals surface area contributed by atoms with E-state index in [1.54, 1.807) is 0 Å². The second-order valence-electron chi connectivity index (χ2n) is 8.28. The zero-order valence-corrected chi connectivity index (χ0v) is 19.4. The molecule has 0 saturated carbocycles. The molecule has 0 unspecified atom stereocenters. The van der Waals surface area contributed by atoms with E-state index in [9.17, 15) is 4.79 Å². The van der Waals surface area contributed by atoms with E-state index in [1.807, 2.05) is 12.1 Å². The molecule has 0 aliphatic heterocycles. The molecule has 4 rings (SSSR count). The number of aromatic nitrogens is 1. The van der Waals surface area contributed by atoms with E-state index in [0.29, 0.717) is 12.8 Å². The van der Waals surface area contributed by atoms with Gasteiger partial charge in [-0.1, -0.05) is 43.3 Å². The minimum absolute atomic E-state index is 0.178. The topological polar surface area (TPSA) is 40.5 Å². The first-order chi connectivity index (χ1) is 16.2. The van der Waals surface area contributed by atoms with E-state index in [1.165, 1.54) is 29.1 Å². The van der Waals surface area contributed by atoms with E-state index < -0.39 is 0 Å². The van der Waals surface area contributed by atoms with Gasteiger partial charge in [0.05, 0.1) is 19.2 Å². The number of methoxy groups -OCH3 is 1. The molecule has 0 saturated heterocycles. The maximum Gasteiger partial charge on any atom is 0.305 e.